The predicted octanol–water partition coefficient (Wildman–Crippen LogP) is 25.2. The molecular weight excluding hydrogens is 1020 g/mol. The first-order valence-electron chi connectivity index (χ1n) is 36.4. The van der Waals surface area contributed by atoms with E-state index in [2.05, 4.69) is 93.7 Å². The number of esters is 3. The molecule has 6 heteroatoms. The summed E-state index contributed by atoms with van der Waals surface area (Å²) in [4.78, 5) is 38.4. The van der Waals surface area contributed by atoms with Gasteiger partial charge in [0.1, 0.15) is 13.2 Å². The molecule has 0 aromatic carbocycles. The Kier molecular flexibility index (Phi) is 68.6. The molecule has 0 aromatic heterocycles. The molecule has 1 unspecified atom stereocenters. The van der Waals surface area contributed by atoms with Gasteiger partial charge in [0.25, 0.3) is 0 Å². The average Bonchev–Trinajstić information content (AvgIpc) is 3.49. The van der Waals surface area contributed by atoms with Crippen LogP contribution in [0.2, 0.25) is 0 Å². The second-order valence-electron chi connectivity index (χ2n) is 24.5. The number of allylic oxidation sites excluding steroid dienone is 12. The van der Waals surface area contributed by atoms with E-state index in [0.29, 0.717) is 19.3 Å². The summed E-state index contributed by atoms with van der Waals surface area (Å²) in [6.45, 7) is 6.55. The van der Waals surface area contributed by atoms with Gasteiger partial charge in [-0.25, -0.2) is 0 Å². The van der Waals surface area contributed by atoms with Crippen LogP contribution in [-0.4, -0.2) is 37.2 Å². The van der Waals surface area contributed by atoms with Crippen LogP contribution in [0.1, 0.15) is 380 Å². The number of hydrogen-bond acceptors (Lipinski definition) is 6. The van der Waals surface area contributed by atoms with E-state index in [0.717, 1.165) is 116 Å². The summed E-state index contributed by atoms with van der Waals surface area (Å²) in [6, 6.07) is 0. The number of unbranched alkanes of at least 4 members (excludes halogenated alkanes) is 44. The Hall–Kier alpha value is -3.15. The van der Waals surface area contributed by atoms with Crippen LogP contribution in [0.5, 0.6) is 0 Å². The molecule has 0 amide bonds. The Morgan fingerprint density at radius 2 is 0.470 bits per heavy atom. The van der Waals surface area contributed by atoms with Crippen molar-refractivity contribution in [2.24, 2.45) is 0 Å². The van der Waals surface area contributed by atoms with Gasteiger partial charge in [0.15, 0.2) is 6.10 Å². The second kappa shape index (κ2) is 71.3. The molecule has 0 bridgehead atoms. The number of hydrogen-bond donors (Lipinski definition) is 0. The zero-order valence-electron chi connectivity index (χ0n) is 55.5. The van der Waals surface area contributed by atoms with Crippen LogP contribution in [0.3, 0.4) is 0 Å². The molecule has 0 heterocycles. The highest BCUT2D eigenvalue weighted by Gasteiger charge is 2.19. The van der Waals surface area contributed by atoms with Crippen molar-refractivity contribution in [3.05, 3.63) is 72.9 Å². The lowest BCUT2D eigenvalue weighted by molar-refractivity contribution is -0.167. The molecule has 482 valence electrons. The third kappa shape index (κ3) is 69.5. The summed E-state index contributed by atoms with van der Waals surface area (Å²) < 4.78 is 17.0. The minimum absolute atomic E-state index is 0.0828. The highest BCUT2D eigenvalue weighted by atomic mass is 16.6. The third-order valence-corrected chi connectivity index (χ3v) is 16.2. The van der Waals surface area contributed by atoms with Gasteiger partial charge in [-0.15, -0.1) is 0 Å². The molecule has 0 aromatic rings. The summed E-state index contributed by atoms with van der Waals surface area (Å²) >= 11 is 0. The lowest BCUT2D eigenvalue weighted by atomic mass is 10.0. The molecule has 0 aliphatic heterocycles. The van der Waals surface area contributed by atoms with Crippen LogP contribution < -0.4 is 0 Å². The van der Waals surface area contributed by atoms with Gasteiger partial charge in [0.2, 0.25) is 0 Å². The van der Waals surface area contributed by atoms with Crippen molar-refractivity contribution in [1.82, 2.24) is 0 Å². The molecule has 83 heavy (non-hydrogen) atoms. The first-order valence-corrected chi connectivity index (χ1v) is 36.4. The van der Waals surface area contributed by atoms with Crippen molar-refractivity contribution < 1.29 is 28.6 Å². The standard InChI is InChI=1S/C77H138O6/c1-4-7-10-13-16-19-22-25-28-30-32-34-35-36-37-38-39-40-41-42-44-45-47-49-52-55-58-61-64-67-70-76(79)82-73-74(72-81-75(78)69-66-63-60-57-54-51-27-24-21-18-15-12-9-6-3)83-77(80)71-68-65-62-59-56-53-50-48-46-43-33-31-29-26-23-20-17-14-11-8-5-2/h8,11,17,20,24,26-27,29,33,43,48,50,74H,4-7,9-10,12-16,18-19,21-23,25,28,30-32,34-42,44-47,49,51-73H2,1-3H3/b11-8-,20-17-,27-24-,29-26-,43-33-,50-48-. The van der Waals surface area contributed by atoms with E-state index in [9.17, 15) is 14.4 Å². The number of ether oxygens (including phenoxy) is 3. The highest BCUT2D eigenvalue weighted by molar-refractivity contribution is 5.71. The van der Waals surface area contributed by atoms with E-state index in [1.165, 1.54) is 225 Å². The molecular formula is C77H138O6. The average molecular weight is 1160 g/mol. The first kappa shape index (κ1) is 79.8. The van der Waals surface area contributed by atoms with E-state index < -0.39 is 6.10 Å². The summed E-state index contributed by atoms with van der Waals surface area (Å²) in [5.74, 6) is -0.890. The third-order valence-electron chi connectivity index (χ3n) is 16.2. The molecule has 1 atom stereocenters. The Morgan fingerprint density at radius 3 is 0.747 bits per heavy atom. The first-order chi connectivity index (χ1) is 41.0. The molecule has 0 N–H and O–H groups in total. The predicted molar refractivity (Wildman–Crippen MR) is 362 cm³/mol. The smallest absolute Gasteiger partial charge is 0.306 e. The molecule has 0 rings (SSSR count). The highest BCUT2D eigenvalue weighted by Crippen LogP contribution is 2.18. The maximum atomic E-state index is 12.9. The minimum atomic E-state index is -0.790. The topological polar surface area (TPSA) is 78.9 Å². The van der Waals surface area contributed by atoms with Crippen LogP contribution in [0.15, 0.2) is 72.9 Å². The van der Waals surface area contributed by atoms with Crippen LogP contribution in [0, 0.1) is 0 Å². The fraction of sp³-hybridized carbons (Fsp3) is 0.805. The van der Waals surface area contributed by atoms with Crippen molar-refractivity contribution >= 4 is 17.9 Å². The molecule has 0 aliphatic rings. The van der Waals surface area contributed by atoms with Gasteiger partial charge >= 0.3 is 17.9 Å². The van der Waals surface area contributed by atoms with E-state index >= 15 is 0 Å². The Balaban J connectivity index is 4.24. The molecule has 0 saturated heterocycles. The van der Waals surface area contributed by atoms with E-state index in [-0.39, 0.29) is 31.1 Å². The van der Waals surface area contributed by atoms with Gasteiger partial charge in [0, 0.05) is 19.3 Å². The van der Waals surface area contributed by atoms with E-state index in [4.69, 9.17) is 14.2 Å². The SMILES string of the molecule is CC/C=C\C/C=C\C/C=C\C/C=C\C/C=C\CCCCCCCC(=O)OC(COC(=O)CCCCCCC/C=C\CCCCCCC)COC(=O)CCCCCCCCCCCCCCCCCCCCCCCCCCCCCCCC. The normalized spacial score (nSPS) is 12.5. The Bertz CT molecular complexity index is 1520. The maximum absolute atomic E-state index is 12.9. The number of rotatable bonds is 67. The van der Waals surface area contributed by atoms with Crippen molar-refractivity contribution in [3.8, 4) is 0 Å². The van der Waals surface area contributed by atoms with E-state index in [1.54, 1.807) is 0 Å². The Morgan fingerprint density at radius 1 is 0.253 bits per heavy atom. The summed E-state index contributed by atoms with van der Waals surface area (Å²) in [7, 11) is 0. The maximum Gasteiger partial charge on any atom is 0.306 e. The second-order valence-corrected chi connectivity index (χ2v) is 24.5. The summed E-state index contributed by atoms with van der Waals surface area (Å²) in [6.07, 6.45) is 93.8. The van der Waals surface area contributed by atoms with Gasteiger partial charge < -0.3 is 14.2 Å². The lowest BCUT2D eigenvalue weighted by Gasteiger charge is -2.18. The zero-order valence-corrected chi connectivity index (χ0v) is 55.5. The molecule has 0 aliphatic carbocycles. The largest absolute Gasteiger partial charge is 0.462 e. The van der Waals surface area contributed by atoms with Gasteiger partial charge in [-0.2, -0.15) is 0 Å². The molecule has 6 nitrogen and oxygen atoms in total. The van der Waals surface area contributed by atoms with Crippen molar-refractivity contribution in [2.45, 2.75) is 386 Å². The van der Waals surface area contributed by atoms with Crippen molar-refractivity contribution in [1.29, 1.82) is 0 Å². The summed E-state index contributed by atoms with van der Waals surface area (Å²) in [5, 5.41) is 0. The van der Waals surface area contributed by atoms with Crippen LogP contribution in [-0.2, 0) is 28.6 Å². The monoisotopic (exact) mass is 1160 g/mol. The molecule has 0 fully saturated rings. The van der Waals surface area contributed by atoms with Crippen molar-refractivity contribution in [3.63, 3.8) is 0 Å². The minimum Gasteiger partial charge on any atom is -0.462 e. The van der Waals surface area contributed by atoms with E-state index in [1.807, 2.05) is 0 Å². The van der Waals surface area contributed by atoms with Gasteiger partial charge in [0.05, 0.1) is 0 Å². The van der Waals surface area contributed by atoms with Gasteiger partial charge in [-0.3, -0.25) is 14.4 Å². The zero-order chi connectivity index (χ0) is 59.9. The van der Waals surface area contributed by atoms with Crippen LogP contribution in [0.25, 0.3) is 0 Å². The van der Waals surface area contributed by atoms with Crippen molar-refractivity contribution in [2.75, 3.05) is 13.2 Å². The quantitative estimate of drug-likeness (QED) is 0.0261. The van der Waals surface area contributed by atoms with Gasteiger partial charge in [-0.05, 0) is 89.9 Å². The van der Waals surface area contributed by atoms with Crippen LogP contribution >= 0.6 is 0 Å². The lowest BCUT2D eigenvalue weighted by Crippen LogP contribution is -2.30. The molecule has 0 saturated carbocycles. The number of carbonyl (C=O) groups excluding carboxylic acids is 3. The van der Waals surface area contributed by atoms with Gasteiger partial charge in [-0.1, -0.05) is 344 Å². The fourth-order valence-electron chi connectivity index (χ4n) is 10.8. The molecule has 0 radical (unpaired) electrons. The number of carbonyl (C=O) groups is 3. The van der Waals surface area contributed by atoms with Crippen LogP contribution in [0.4, 0.5) is 0 Å². The fourth-order valence-corrected chi connectivity index (χ4v) is 10.8. The summed E-state index contributed by atoms with van der Waals surface area (Å²) in [5.41, 5.74) is 0. The molecule has 0 spiro atoms. The Labute approximate surface area is 516 Å².